The normalized spacial score (nSPS) is 20.0. The number of aryl methyl sites for hydroxylation is 1. The molecule has 0 spiro atoms. The van der Waals surface area contributed by atoms with Crippen molar-refractivity contribution in [2.24, 2.45) is 0 Å². The molecule has 2 fully saturated rings. The lowest BCUT2D eigenvalue weighted by Gasteiger charge is -2.31. The van der Waals surface area contributed by atoms with Gasteiger partial charge in [0.1, 0.15) is 11.4 Å². The molecule has 2 aromatic carbocycles. The zero-order chi connectivity index (χ0) is 27.6. The molecule has 10 heteroatoms. The number of nitrogens with zero attached hydrogens (tertiary/aromatic N) is 4. The molecule has 40 heavy (non-hydrogen) atoms. The molecule has 2 aliphatic rings. The highest BCUT2D eigenvalue weighted by Crippen LogP contribution is 2.36. The first-order valence-corrected chi connectivity index (χ1v) is 13.8. The van der Waals surface area contributed by atoms with E-state index in [0.717, 1.165) is 59.0 Å². The Morgan fingerprint density at radius 1 is 1.20 bits per heavy atom. The molecular weight excluding hydrogens is 510 g/mol. The van der Waals surface area contributed by atoms with Gasteiger partial charge < -0.3 is 24.7 Å². The van der Waals surface area contributed by atoms with Gasteiger partial charge in [0.15, 0.2) is 12.1 Å². The molecule has 0 saturated carbocycles. The van der Waals surface area contributed by atoms with Gasteiger partial charge in [-0.3, -0.25) is 4.90 Å². The number of carboxylic acid groups (broad SMARTS) is 1. The van der Waals surface area contributed by atoms with Crippen LogP contribution in [0.4, 0.5) is 4.79 Å². The number of aromatic nitrogens is 4. The van der Waals surface area contributed by atoms with Crippen molar-refractivity contribution in [3.63, 3.8) is 0 Å². The minimum atomic E-state index is -0.958. The monoisotopic (exact) mass is 543 g/mol. The quantitative estimate of drug-likeness (QED) is 0.295. The largest absolute Gasteiger partial charge is 0.508 e. The molecule has 2 saturated heterocycles. The fourth-order valence-electron chi connectivity index (χ4n) is 5.54. The molecule has 2 aliphatic heterocycles. The van der Waals surface area contributed by atoms with Gasteiger partial charge in [-0.25, -0.2) is 14.5 Å². The van der Waals surface area contributed by atoms with E-state index in [2.05, 4.69) is 30.1 Å². The highest BCUT2D eigenvalue weighted by atomic mass is 16.5. The van der Waals surface area contributed by atoms with Gasteiger partial charge in [-0.15, -0.1) is 0 Å². The van der Waals surface area contributed by atoms with Gasteiger partial charge in [0.25, 0.3) is 0 Å². The number of aromatic hydroxyl groups is 1. The lowest BCUT2D eigenvalue weighted by atomic mass is 9.96. The second-order valence-electron chi connectivity index (χ2n) is 10.2. The van der Waals surface area contributed by atoms with Crippen molar-refractivity contribution in [3.05, 3.63) is 59.9 Å². The molecule has 4 aromatic rings. The number of morpholine rings is 1. The van der Waals surface area contributed by atoms with Crippen molar-refractivity contribution >= 4 is 23.1 Å². The zero-order valence-corrected chi connectivity index (χ0v) is 22.4. The summed E-state index contributed by atoms with van der Waals surface area (Å²) in [5.74, 6) is 0.889. The molecule has 6 rings (SSSR count). The second kappa shape index (κ2) is 11.1. The molecule has 4 heterocycles. The minimum absolute atomic E-state index is 0.159. The first-order chi connectivity index (χ1) is 19.5. The van der Waals surface area contributed by atoms with E-state index < -0.39 is 6.09 Å². The van der Waals surface area contributed by atoms with E-state index in [4.69, 9.17) is 19.6 Å². The van der Waals surface area contributed by atoms with Crippen LogP contribution >= 0.6 is 0 Å². The summed E-state index contributed by atoms with van der Waals surface area (Å²) in [6, 6.07) is 11.4. The van der Waals surface area contributed by atoms with Crippen molar-refractivity contribution in [1.82, 2.24) is 24.6 Å². The number of fused-ring (bicyclic) bond motifs is 1. The van der Waals surface area contributed by atoms with E-state index in [-0.39, 0.29) is 18.0 Å². The fourth-order valence-corrected chi connectivity index (χ4v) is 5.54. The van der Waals surface area contributed by atoms with Crippen LogP contribution in [-0.4, -0.2) is 73.4 Å². The molecule has 1 unspecified atom stereocenters. The van der Waals surface area contributed by atoms with Crippen LogP contribution in [0.5, 0.6) is 5.75 Å². The minimum Gasteiger partial charge on any atom is -0.508 e. The summed E-state index contributed by atoms with van der Waals surface area (Å²) in [6.45, 7) is 3.84. The van der Waals surface area contributed by atoms with E-state index in [9.17, 15) is 15.0 Å². The van der Waals surface area contributed by atoms with Crippen molar-refractivity contribution < 1.29 is 24.5 Å². The fraction of sp³-hybridized carbons (Fsp3) is 0.367. The Kier molecular flexibility index (Phi) is 7.27. The number of benzene rings is 2. The molecular formula is C30H33N5O5. The Hall–Kier alpha value is -4.15. The van der Waals surface area contributed by atoms with Crippen LogP contribution in [0.15, 0.2) is 48.7 Å². The third-order valence-electron chi connectivity index (χ3n) is 7.64. The Labute approximate surface area is 231 Å². The van der Waals surface area contributed by atoms with Gasteiger partial charge >= 0.3 is 6.09 Å². The number of imidazole rings is 1. The Morgan fingerprint density at radius 2 is 2.10 bits per heavy atom. The summed E-state index contributed by atoms with van der Waals surface area (Å²) in [4.78, 5) is 21.0. The highest BCUT2D eigenvalue weighted by molar-refractivity contribution is 5.94. The summed E-state index contributed by atoms with van der Waals surface area (Å²) in [5.41, 5.74) is 5.56. The van der Waals surface area contributed by atoms with Crippen LogP contribution in [0, 0.1) is 0 Å². The summed E-state index contributed by atoms with van der Waals surface area (Å²) >= 11 is 0. The van der Waals surface area contributed by atoms with Crippen LogP contribution in [0.2, 0.25) is 0 Å². The number of hydrogen-bond acceptors (Lipinski definition) is 6. The number of hydrogen-bond donors (Lipinski definition) is 3. The zero-order valence-electron chi connectivity index (χ0n) is 22.4. The molecule has 2 aromatic heterocycles. The van der Waals surface area contributed by atoms with E-state index in [1.165, 1.54) is 4.90 Å². The maximum absolute atomic E-state index is 11.6. The van der Waals surface area contributed by atoms with E-state index in [1.807, 2.05) is 29.0 Å². The highest BCUT2D eigenvalue weighted by Gasteiger charge is 2.26. The third kappa shape index (κ3) is 5.07. The van der Waals surface area contributed by atoms with Crippen LogP contribution in [0.3, 0.4) is 0 Å². The smallest absolute Gasteiger partial charge is 0.407 e. The van der Waals surface area contributed by atoms with Crippen LogP contribution in [0.1, 0.15) is 43.7 Å². The molecule has 10 nitrogen and oxygen atoms in total. The summed E-state index contributed by atoms with van der Waals surface area (Å²) in [6.07, 6.45) is 8.11. The van der Waals surface area contributed by atoms with E-state index in [0.29, 0.717) is 37.9 Å². The number of phenolic OH excluding ortho intramolecular Hbond substituents is 1. The van der Waals surface area contributed by atoms with Crippen LogP contribution < -0.4 is 0 Å². The van der Waals surface area contributed by atoms with Gasteiger partial charge in [0.05, 0.1) is 30.5 Å². The number of carbonyl (C=O) groups is 1. The molecule has 2 atom stereocenters. The number of H-pyrrole nitrogens is 1. The predicted molar refractivity (Wildman–Crippen MR) is 151 cm³/mol. The number of nitrogens with one attached hydrogen (secondary N) is 1. The van der Waals surface area contributed by atoms with Gasteiger partial charge in [0, 0.05) is 24.7 Å². The Morgan fingerprint density at radius 3 is 2.90 bits per heavy atom. The maximum atomic E-state index is 11.6. The second-order valence-corrected chi connectivity index (χ2v) is 10.2. The standard InChI is InChI=1S/C30H33N5O5/c1-2-19-15-23(36)9-11-24(19)20-6-10-25-26(16-20)35(27-5-3-4-13-40-27)33-28(25)29-31-17-21(32-29)7-8-22-18-39-14-12-34(22)30(37)38/h6-11,15-17,22,27,36H,2-5,12-14,18H2,1H3,(H,31,32)(H,37,38)/b8-7+/t22-,27?/m0/s1. The van der Waals surface area contributed by atoms with Crippen molar-refractivity contribution in [2.75, 3.05) is 26.4 Å². The molecule has 0 radical (unpaired) electrons. The van der Waals surface area contributed by atoms with Crippen LogP contribution in [-0.2, 0) is 15.9 Å². The van der Waals surface area contributed by atoms with Gasteiger partial charge in [-0.2, -0.15) is 5.10 Å². The molecule has 0 aliphatic carbocycles. The summed E-state index contributed by atoms with van der Waals surface area (Å²) < 4.78 is 13.6. The summed E-state index contributed by atoms with van der Waals surface area (Å²) in [5, 5.41) is 25.4. The molecule has 1 amide bonds. The van der Waals surface area contributed by atoms with Crippen molar-refractivity contribution in [2.45, 2.75) is 44.9 Å². The molecule has 208 valence electrons. The van der Waals surface area contributed by atoms with Gasteiger partial charge in [-0.05, 0) is 72.7 Å². The number of amides is 1. The average molecular weight is 544 g/mol. The van der Waals surface area contributed by atoms with Crippen molar-refractivity contribution in [3.8, 4) is 28.4 Å². The number of rotatable bonds is 6. The van der Waals surface area contributed by atoms with Gasteiger partial charge in [-0.1, -0.05) is 25.1 Å². The van der Waals surface area contributed by atoms with E-state index >= 15 is 0 Å². The lowest BCUT2D eigenvalue weighted by molar-refractivity contribution is -0.0365. The first kappa shape index (κ1) is 26.1. The Bertz CT molecular complexity index is 1550. The summed E-state index contributed by atoms with van der Waals surface area (Å²) in [7, 11) is 0. The molecule has 0 bridgehead atoms. The van der Waals surface area contributed by atoms with Gasteiger partial charge in [0.2, 0.25) is 0 Å². The third-order valence-corrected chi connectivity index (χ3v) is 7.64. The average Bonchev–Trinajstić information content (AvgIpc) is 3.61. The molecule has 3 N–H and O–H groups in total. The first-order valence-electron chi connectivity index (χ1n) is 13.8. The number of aromatic amines is 1. The maximum Gasteiger partial charge on any atom is 0.407 e. The predicted octanol–water partition coefficient (Wildman–Crippen LogP) is 5.45. The Balaban J connectivity index is 1.37. The van der Waals surface area contributed by atoms with E-state index in [1.54, 1.807) is 12.3 Å². The van der Waals surface area contributed by atoms with Crippen molar-refractivity contribution in [1.29, 1.82) is 0 Å². The number of phenols is 1. The SMILES string of the molecule is CCc1cc(O)ccc1-c1ccc2c(-c3nc(/C=C/[C@H]4COCCN4C(=O)O)c[nH]3)nn(C3CCCCO3)c2c1. The topological polar surface area (TPSA) is 126 Å². The number of ether oxygens (including phenoxy) is 2. The van der Waals surface area contributed by atoms with Crippen LogP contribution in [0.25, 0.3) is 39.6 Å². The lowest BCUT2D eigenvalue weighted by Crippen LogP contribution is -2.47.